The molecule has 0 radical (unpaired) electrons. The molecular weight excluding hydrogens is 1250 g/mol. The van der Waals surface area contributed by atoms with Crippen LogP contribution in [-0.4, -0.2) is 97.8 Å². The van der Waals surface area contributed by atoms with E-state index in [0.717, 1.165) is 67.7 Å². The van der Waals surface area contributed by atoms with E-state index in [2.05, 4.69) is 128 Å². The number of fused-ring (bicyclic) bond motifs is 5. The minimum Gasteiger partial charge on any atom is -0.449 e. The van der Waals surface area contributed by atoms with Gasteiger partial charge in [0.05, 0.1) is 75.0 Å². The molecule has 0 bridgehead atoms. The Balaban J connectivity index is 0.000000162. The molecule has 486 valence electrons. The molecule has 15 aromatic rings. The molecule has 2 aliphatic rings. The molecular formula is C67H82N20O2S4. The lowest BCUT2D eigenvalue weighted by atomic mass is 10.0. The van der Waals surface area contributed by atoms with Crippen molar-refractivity contribution < 1.29 is 8.94 Å². The average molecular weight is 1330 g/mol. The number of imidazole rings is 4. The molecule has 0 saturated heterocycles. The van der Waals surface area contributed by atoms with Crippen LogP contribution in [0.25, 0.3) is 17.2 Å². The van der Waals surface area contributed by atoms with E-state index in [4.69, 9.17) is 4.42 Å². The standard InChI is InChI=1S/C8H12N2.C8H8N2.C8H11NS.2C7H7N3.C7H8.2C4H5NO.2C4H5NS.C3H5N3.C3H4N2S/c2*1-7-6-10-5-3-2-4-8(10)9-7;1-6-9-7-4-2-3-5-8(7)10-6;1-6-5-10-4-2-3-8-7(10)9-6;1-6-5-9-7-8-3-2-4-10(6)7;1-7-5-3-2-4-6-7;1-4-2-5-3-6-4;1-4-2-3-6-5-4;1-4-2-6-3-5-4;1-4-2-5-3-6-4;1-3-2-4-6-5-3;1-3-2-4-5-6-3/h6H,2-5H2,1H3;2-6H,1H3;2-5H2,1H3;2*2-5H,1H3;2-6H,1H3;4*2-3H,1H3;2H,1H3,(H,4,5,6);2H,1H3. The molecule has 26 heteroatoms. The van der Waals surface area contributed by atoms with Gasteiger partial charge in [0.25, 0.3) is 0 Å². The molecule has 14 aromatic heterocycles. The third-order valence-electron chi connectivity index (χ3n) is 12.5. The van der Waals surface area contributed by atoms with Gasteiger partial charge in [0.2, 0.25) is 11.6 Å². The maximum absolute atomic E-state index is 4.72. The van der Waals surface area contributed by atoms with E-state index in [1.54, 1.807) is 70.9 Å². The van der Waals surface area contributed by atoms with Gasteiger partial charge in [-0.25, -0.2) is 39.9 Å². The second-order valence-corrected chi connectivity index (χ2v) is 24.9. The van der Waals surface area contributed by atoms with Gasteiger partial charge in [-0.1, -0.05) is 51.6 Å². The van der Waals surface area contributed by atoms with E-state index in [-0.39, 0.29) is 0 Å². The Labute approximate surface area is 559 Å². The number of benzene rings is 1. The largest absolute Gasteiger partial charge is 0.449 e. The molecule has 93 heavy (non-hydrogen) atoms. The molecule has 0 atom stereocenters. The van der Waals surface area contributed by atoms with Gasteiger partial charge in [0, 0.05) is 106 Å². The lowest BCUT2D eigenvalue weighted by molar-refractivity contribution is 0.415. The van der Waals surface area contributed by atoms with E-state index in [1.807, 2.05) is 195 Å². The summed E-state index contributed by atoms with van der Waals surface area (Å²) in [6.45, 7) is 25.0. The molecule has 0 amide bonds. The Kier molecular flexibility index (Phi) is 31.9. The Morgan fingerprint density at radius 2 is 1.30 bits per heavy atom. The Bertz CT molecular complexity index is 3770. The summed E-state index contributed by atoms with van der Waals surface area (Å²) in [5, 5.41) is 20.1. The fourth-order valence-corrected chi connectivity index (χ4v) is 10.4. The smallest absolute Gasteiger partial charge is 0.233 e. The highest BCUT2D eigenvalue weighted by atomic mass is 32.1. The lowest BCUT2D eigenvalue weighted by Gasteiger charge is -2.11. The van der Waals surface area contributed by atoms with E-state index in [1.165, 1.54) is 96.4 Å². The normalized spacial score (nSPS) is 11.1. The molecule has 1 aromatic carbocycles. The lowest BCUT2D eigenvalue weighted by Crippen LogP contribution is -2.08. The topological polar surface area (TPSA) is 254 Å². The first kappa shape index (κ1) is 72.4. The molecule has 1 aliphatic carbocycles. The molecule has 17 rings (SSSR count). The molecule has 0 saturated carbocycles. The Hall–Kier alpha value is -9.63. The molecule has 22 nitrogen and oxygen atoms in total. The Morgan fingerprint density at radius 1 is 0.559 bits per heavy atom. The van der Waals surface area contributed by atoms with Crippen LogP contribution in [0.4, 0.5) is 0 Å². The fourth-order valence-electron chi connectivity index (χ4n) is 8.11. The number of aromatic amines is 1. The monoisotopic (exact) mass is 1330 g/mol. The van der Waals surface area contributed by atoms with Crippen molar-refractivity contribution in [3.05, 3.63) is 259 Å². The van der Waals surface area contributed by atoms with Crippen molar-refractivity contribution >= 4 is 62.7 Å². The number of hydrogen-bond acceptors (Lipinski definition) is 21. The predicted molar refractivity (Wildman–Crippen MR) is 372 cm³/mol. The highest BCUT2D eigenvalue weighted by molar-refractivity contribution is 7.11. The number of thiazole rings is 3. The number of nitrogens with zero attached hydrogens (tertiary/aromatic N) is 19. The maximum Gasteiger partial charge on any atom is 0.233 e. The van der Waals surface area contributed by atoms with Gasteiger partial charge in [-0.15, -0.1) is 39.1 Å². The number of nitrogens with one attached hydrogen (secondary N) is 1. The zero-order chi connectivity index (χ0) is 66.4. The number of pyridine rings is 1. The first-order valence-electron chi connectivity index (χ1n) is 30.0. The third-order valence-corrected chi connectivity index (χ3v) is 15.5. The first-order chi connectivity index (χ1) is 45.1. The number of aryl methyl sites for hydroxylation is 16. The SMILES string of the molecule is Cc1ccccc1.Cc1ccon1.Cc1cn2c(n1)CCCC2.Cc1cn2ccccc2n1.Cc1cn2cccnc2n1.Cc1cn[nH]n1.Cc1cnc2ncccn12.Cc1cnco1.Cc1cncs1.Cc1cnns1.Cc1cscn1.Cc1nc2c(s1)CCCC2. The number of aromatic nitrogens is 20. The summed E-state index contributed by atoms with van der Waals surface area (Å²) in [6, 6.07) is 21.8. The molecule has 1 N–H and O–H groups in total. The van der Waals surface area contributed by atoms with Crippen LogP contribution in [0.3, 0.4) is 0 Å². The fraction of sp³-hybridized carbons (Fsp3) is 0.299. The predicted octanol–water partition coefficient (Wildman–Crippen LogP) is 15.4. The maximum atomic E-state index is 4.72. The summed E-state index contributed by atoms with van der Waals surface area (Å²) in [5.41, 5.74) is 14.7. The zero-order valence-electron chi connectivity index (χ0n) is 54.8. The molecule has 0 spiro atoms. The van der Waals surface area contributed by atoms with Crippen LogP contribution >= 0.6 is 45.5 Å². The Morgan fingerprint density at radius 3 is 1.81 bits per heavy atom. The molecule has 0 unspecified atom stereocenters. The highest BCUT2D eigenvalue weighted by Gasteiger charge is 2.13. The van der Waals surface area contributed by atoms with Crippen LogP contribution in [0.5, 0.6) is 0 Å². The number of oxazole rings is 1. The van der Waals surface area contributed by atoms with E-state index in [0.29, 0.717) is 0 Å². The van der Waals surface area contributed by atoms with Gasteiger partial charge in [-0.05, 0) is 157 Å². The van der Waals surface area contributed by atoms with Gasteiger partial charge >= 0.3 is 0 Å². The van der Waals surface area contributed by atoms with Crippen LogP contribution in [-0.2, 0) is 25.8 Å². The van der Waals surface area contributed by atoms with E-state index >= 15 is 0 Å². The van der Waals surface area contributed by atoms with Gasteiger partial charge in [0.1, 0.15) is 23.5 Å². The summed E-state index contributed by atoms with van der Waals surface area (Å²) in [4.78, 5) is 44.9. The summed E-state index contributed by atoms with van der Waals surface area (Å²) < 4.78 is 20.9. The van der Waals surface area contributed by atoms with Crippen LogP contribution in [0.15, 0.2) is 185 Å². The van der Waals surface area contributed by atoms with Crippen LogP contribution in [0.1, 0.15) is 108 Å². The highest BCUT2D eigenvalue weighted by Crippen LogP contribution is 2.26. The van der Waals surface area contributed by atoms with Crippen molar-refractivity contribution in [1.82, 2.24) is 97.8 Å². The molecule has 1 aliphatic heterocycles. The van der Waals surface area contributed by atoms with Crippen LogP contribution < -0.4 is 0 Å². The van der Waals surface area contributed by atoms with Crippen molar-refractivity contribution in [3.8, 4) is 0 Å². The van der Waals surface area contributed by atoms with Crippen LogP contribution in [0, 0.1) is 83.1 Å². The van der Waals surface area contributed by atoms with E-state index < -0.39 is 0 Å². The number of hydrogen-bond donors (Lipinski definition) is 1. The summed E-state index contributed by atoms with van der Waals surface area (Å²) in [6.07, 6.45) is 36.2. The summed E-state index contributed by atoms with van der Waals surface area (Å²) >= 11 is 6.59. The second-order valence-electron chi connectivity index (χ2n) is 20.8. The van der Waals surface area contributed by atoms with Crippen molar-refractivity contribution in [3.63, 3.8) is 0 Å². The van der Waals surface area contributed by atoms with Crippen molar-refractivity contribution in [2.45, 2.75) is 135 Å². The molecule has 15 heterocycles. The van der Waals surface area contributed by atoms with Crippen molar-refractivity contribution in [1.29, 1.82) is 0 Å². The summed E-state index contributed by atoms with van der Waals surface area (Å²) in [7, 11) is 0. The quantitative estimate of drug-likeness (QED) is 0.148. The van der Waals surface area contributed by atoms with Gasteiger partial charge in [-0.3, -0.25) is 18.8 Å². The second kappa shape index (κ2) is 41.0. The minimum atomic E-state index is 0.764. The van der Waals surface area contributed by atoms with Gasteiger partial charge in [-0.2, -0.15) is 15.4 Å². The van der Waals surface area contributed by atoms with Crippen molar-refractivity contribution in [2.75, 3.05) is 0 Å². The summed E-state index contributed by atoms with van der Waals surface area (Å²) in [5.74, 6) is 3.67. The van der Waals surface area contributed by atoms with Crippen molar-refractivity contribution in [2.24, 2.45) is 0 Å². The zero-order valence-corrected chi connectivity index (χ0v) is 58.1. The third kappa shape index (κ3) is 28.6. The number of H-pyrrole nitrogens is 1. The minimum absolute atomic E-state index is 0.764. The van der Waals surface area contributed by atoms with Gasteiger partial charge in [0.15, 0.2) is 6.39 Å². The van der Waals surface area contributed by atoms with Gasteiger partial charge < -0.3 is 17.9 Å². The average Bonchev–Trinajstić information content (AvgIpc) is 1.95. The van der Waals surface area contributed by atoms with E-state index in [9.17, 15) is 0 Å². The molecule has 0 fully saturated rings. The van der Waals surface area contributed by atoms with Crippen LogP contribution in [0.2, 0.25) is 0 Å². The first-order valence-corrected chi connectivity index (χ1v) is 33.4. The number of rotatable bonds is 0.